The number of hydrogen-bond donors (Lipinski definition) is 2. The van der Waals surface area contributed by atoms with Gasteiger partial charge in [-0.1, -0.05) is 6.07 Å². The van der Waals surface area contributed by atoms with Gasteiger partial charge >= 0.3 is 0 Å². The number of primary amides is 1. The number of carbonyl (C=O) groups excluding carboxylic acids is 1. The van der Waals surface area contributed by atoms with Crippen LogP contribution in [0.25, 0.3) is 0 Å². The van der Waals surface area contributed by atoms with Gasteiger partial charge in [0.1, 0.15) is 0 Å². The minimum absolute atomic E-state index is 0.0484. The van der Waals surface area contributed by atoms with Crippen LogP contribution in [-0.4, -0.2) is 17.8 Å². The molecule has 1 aromatic rings. The molecule has 1 amide bonds. The second-order valence-electron chi connectivity index (χ2n) is 3.11. The average molecular weight is 213 g/mol. The van der Waals surface area contributed by atoms with Crippen LogP contribution in [0.3, 0.4) is 0 Å². The topological polar surface area (TPSA) is 55.1 Å². The quantitative estimate of drug-likeness (QED) is 0.749. The highest BCUT2D eigenvalue weighted by Crippen LogP contribution is 2.10. The third-order valence-corrected chi connectivity index (χ3v) is 1.89. The first kappa shape index (κ1) is 10.9. The van der Waals surface area contributed by atoms with E-state index in [-0.39, 0.29) is 5.38 Å². The first-order valence-electron chi connectivity index (χ1n) is 4.37. The molecule has 1 unspecified atom stereocenters. The van der Waals surface area contributed by atoms with Crippen LogP contribution in [0.2, 0.25) is 0 Å². The molecule has 0 heterocycles. The Morgan fingerprint density at radius 1 is 1.64 bits per heavy atom. The Kier molecular flexibility index (Phi) is 3.77. The van der Waals surface area contributed by atoms with Crippen LogP contribution < -0.4 is 11.1 Å². The van der Waals surface area contributed by atoms with Gasteiger partial charge in [-0.15, -0.1) is 11.6 Å². The number of rotatable bonds is 4. The van der Waals surface area contributed by atoms with Gasteiger partial charge in [0.15, 0.2) is 0 Å². The van der Waals surface area contributed by atoms with E-state index < -0.39 is 5.91 Å². The highest BCUT2D eigenvalue weighted by molar-refractivity contribution is 6.20. The zero-order valence-electron chi connectivity index (χ0n) is 7.96. The summed E-state index contributed by atoms with van der Waals surface area (Å²) >= 11 is 5.78. The lowest BCUT2D eigenvalue weighted by Crippen LogP contribution is -2.13. The lowest BCUT2D eigenvalue weighted by molar-refractivity contribution is 0.100. The number of alkyl halides is 1. The molecule has 3 nitrogen and oxygen atoms in total. The van der Waals surface area contributed by atoms with Gasteiger partial charge in [0, 0.05) is 23.2 Å². The van der Waals surface area contributed by atoms with E-state index in [9.17, 15) is 4.79 Å². The highest BCUT2D eigenvalue weighted by atomic mass is 35.5. The normalized spacial score (nSPS) is 12.1. The van der Waals surface area contributed by atoms with Crippen LogP contribution in [0.4, 0.5) is 5.69 Å². The van der Waals surface area contributed by atoms with Gasteiger partial charge < -0.3 is 11.1 Å². The van der Waals surface area contributed by atoms with Crippen molar-refractivity contribution in [1.29, 1.82) is 0 Å². The van der Waals surface area contributed by atoms with Crippen molar-refractivity contribution in [2.24, 2.45) is 5.73 Å². The van der Waals surface area contributed by atoms with E-state index in [1.54, 1.807) is 18.2 Å². The van der Waals surface area contributed by atoms with Crippen LogP contribution in [0.15, 0.2) is 24.3 Å². The van der Waals surface area contributed by atoms with E-state index in [2.05, 4.69) is 5.32 Å². The van der Waals surface area contributed by atoms with Crippen molar-refractivity contribution in [2.75, 3.05) is 11.9 Å². The molecular weight excluding hydrogens is 200 g/mol. The molecule has 0 aromatic heterocycles. The highest BCUT2D eigenvalue weighted by Gasteiger charge is 2.01. The minimum Gasteiger partial charge on any atom is -0.384 e. The summed E-state index contributed by atoms with van der Waals surface area (Å²) in [5, 5.41) is 3.15. The summed E-state index contributed by atoms with van der Waals surface area (Å²) in [6.45, 7) is 2.55. The largest absolute Gasteiger partial charge is 0.384 e. The van der Waals surface area contributed by atoms with Crippen molar-refractivity contribution < 1.29 is 4.79 Å². The number of anilines is 1. The Hall–Kier alpha value is -1.22. The van der Waals surface area contributed by atoms with Crippen molar-refractivity contribution in [3.05, 3.63) is 29.8 Å². The molecule has 1 rings (SSSR count). The van der Waals surface area contributed by atoms with Gasteiger partial charge in [0.05, 0.1) is 0 Å². The third-order valence-electron chi connectivity index (χ3n) is 1.73. The molecule has 3 N–H and O–H groups in total. The maximum Gasteiger partial charge on any atom is 0.248 e. The molecule has 0 aliphatic rings. The number of amides is 1. The monoisotopic (exact) mass is 212 g/mol. The molecule has 0 bridgehead atoms. The summed E-state index contributed by atoms with van der Waals surface area (Å²) in [5.41, 5.74) is 6.50. The number of nitrogens with two attached hydrogens (primary N) is 1. The summed E-state index contributed by atoms with van der Waals surface area (Å²) in [7, 11) is 0. The average Bonchev–Trinajstić information content (AvgIpc) is 2.15. The van der Waals surface area contributed by atoms with Crippen LogP contribution in [-0.2, 0) is 0 Å². The van der Waals surface area contributed by atoms with E-state index in [1.165, 1.54) is 0 Å². The van der Waals surface area contributed by atoms with Gasteiger partial charge in [0.25, 0.3) is 0 Å². The Labute approximate surface area is 88.2 Å². The molecule has 0 saturated carbocycles. The summed E-state index contributed by atoms with van der Waals surface area (Å²) in [6.07, 6.45) is 0. The van der Waals surface area contributed by atoms with E-state index >= 15 is 0 Å². The number of hydrogen-bond acceptors (Lipinski definition) is 2. The maximum atomic E-state index is 10.9. The molecule has 0 aliphatic heterocycles. The molecule has 14 heavy (non-hydrogen) atoms. The Balaban J connectivity index is 2.69. The van der Waals surface area contributed by atoms with Gasteiger partial charge in [-0.3, -0.25) is 4.79 Å². The number of benzene rings is 1. The number of nitrogens with one attached hydrogen (secondary N) is 1. The summed E-state index contributed by atoms with van der Waals surface area (Å²) < 4.78 is 0. The molecule has 76 valence electrons. The van der Waals surface area contributed by atoms with E-state index in [1.807, 2.05) is 13.0 Å². The Morgan fingerprint density at radius 3 is 2.93 bits per heavy atom. The predicted octanol–water partition coefficient (Wildman–Crippen LogP) is 1.82. The molecule has 0 saturated heterocycles. The second kappa shape index (κ2) is 4.86. The molecule has 4 heteroatoms. The van der Waals surface area contributed by atoms with Crippen LogP contribution in [0.5, 0.6) is 0 Å². The smallest absolute Gasteiger partial charge is 0.248 e. The van der Waals surface area contributed by atoms with Crippen molar-refractivity contribution >= 4 is 23.2 Å². The fourth-order valence-electron chi connectivity index (χ4n) is 1.04. The van der Waals surface area contributed by atoms with E-state index in [0.717, 1.165) is 5.69 Å². The van der Waals surface area contributed by atoms with Crippen LogP contribution in [0, 0.1) is 0 Å². The van der Waals surface area contributed by atoms with Crippen molar-refractivity contribution in [2.45, 2.75) is 12.3 Å². The molecule has 0 aliphatic carbocycles. The lowest BCUT2D eigenvalue weighted by atomic mass is 10.2. The van der Waals surface area contributed by atoms with Gasteiger partial charge in [0.2, 0.25) is 5.91 Å². The standard InChI is InChI=1S/C10H13ClN2O/c1-7(11)6-13-9-4-2-3-8(5-9)10(12)14/h2-5,7,13H,6H2,1H3,(H2,12,14). The molecule has 1 atom stereocenters. The first-order chi connectivity index (χ1) is 6.59. The first-order valence-corrected chi connectivity index (χ1v) is 4.81. The summed E-state index contributed by atoms with van der Waals surface area (Å²) in [5.74, 6) is -0.424. The number of halogens is 1. The fraction of sp³-hybridized carbons (Fsp3) is 0.300. The predicted molar refractivity (Wildman–Crippen MR) is 58.8 cm³/mol. The summed E-state index contributed by atoms with van der Waals surface area (Å²) in [6, 6.07) is 7.03. The Bertz CT molecular complexity index is 326. The zero-order chi connectivity index (χ0) is 10.6. The molecule has 0 radical (unpaired) electrons. The maximum absolute atomic E-state index is 10.9. The van der Waals surface area contributed by atoms with Gasteiger partial charge in [-0.05, 0) is 25.1 Å². The Morgan fingerprint density at radius 2 is 2.36 bits per heavy atom. The fourth-order valence-corrected chi connectivity index (χ4v) is 1.12. The minimum atomic E-state index is -0.424. The van der Waals surface area contributed by atoms with E-state index in [4.69, 9.17) is 17.3 Å². The SMILES string of the molecule is CC(Cl)CNc1cccc(C(N)=O)c1. The molecule has 1 aromatic carbocycles. The molecular formula is C10H13ClN2O. The van der Waals surface area contributed by atoms with Gasteiger partial charge in [-0.25, -0.2) is 0 Å². The van der Waals surface area contributed by atoms with E-state index in [0.29, 0.717) is 12.1 Å². The van der Waals surface area contributed by atoms with Crippen LogP contribution in [0.1, 0.15) is 17.3 Å². The lowest BCUT2D eigenvalue weighted by Gasteiger charge is -2.08. The molecule has 0 fully saturated rings. The third kappa shape index (κ3) is 3.26. The molecule has 0 spiro atoms. The summed E-state index contributed by atoms with van der Waals surface area (Å²) in [4.78, 5) is 10.9. The number of carbonyl (C=O) groups is 1. The van der Waals surface area contributed by atoms with Gasteiger partial charge in [-0.2, -0.15) is 0 Å². The zero-order valence-corrected chi connectivity index (χ0v) is 8.71. The second-order valence-corrected chi connectivity index (χ2v) is 3.85. The van der Waals surface area contributed by atoms with Crippen molar-refractivity contribution in [1.82, 2.24) is 0 Å². The van der Waals surface area contributed by atoms with Crippen molar-refractivity contribution in [3.8, 4) is 0 Å². The van der Waals surface area contributed by atoms with Crippen molar-refractivity contribution in [3.63, 3.8) is 0 Å². The van der Waals surface area contributed by atoms with Crippen LogP contribution >= 0.6 is 11.6 Å².